The normalized spacial score (nSPS) is 11.9. The molecule has 2 heterocycles. The summed E-state index contributed by atoms with van der Waals surface area (Å²) in [6.45, 7) is -0.594. The molecule has 30 heavy (non-hydrogen) atoms. The van der Waals surface area contributed by atoms with Crippen molar-refractivity contribution in [1.82, 2.24) is 19.4 Å². The zero-order valence-electron chi connectivity index (χ0n) is 15.2. The number of alkyl halides is 3. The van der Waals surface area contributed by atoms with E-state index < -0.39 is 24.8 Å². The Hall–Kier alpha value is -2.84. The van der Waals surface area contributed by atoms with Crippen LogP contribution in [-0.4, -0.2) is 25.6 Å². The molecule has 5 nitrogen and oxygen atoms in total. The second kappa shape index (κ2) is 7.77. The van der Waals surface area contributed by atoms with Gasteiger partial charge in [-0.3, -0.25) is 0 Å². The highest BCUT2D eigenvalue weighted by Crippen LogP contribution is 2.35. The lowest BCUT2D eigenvalue weighted by Gasteiger charge is -2.11. The van der Waals surface area contributed by atoms with E-state index in [0.29, 0.717) is 26.9 Å². The van der Waals surface area contributed by atoms with Crippen LogP contribution in [-0.2, 0) is 6.54 Å². The Labute approximate surface area is 178 Å². The van der Waals surface area contributed by atoms with Gasteiger partial charge in [-0.2, -0.15) is 22.8 Å². The Morgan fingerprint density at radius 2 is 1.63 bits per heavy atom. The van der Waals surface area contributed by atoms with Crippen molar-refractivity contribution in [3.63, 3.8) is 0 Å². The molecule has 0 fully saturated rings. The highest BCUT2D eigenvalue weighted by molar-refractivity contribution is 6.33. The fourth-order valence-corrected chi connectivity index (χ4v) is 3.38. The summed E-state index contributed by atoms with van der Waals surface area (Å²) < 4.78 is 39.5. The minimum atomic E-state index is -4.40. The van der Waals surface area contributed by atoms with E-state index in [0.717, 1.165) is 14.8 Å². The number of fused-ring (bicyclic) bond motifs is 1. The fourth-order valence-electron chi connectivity index (χ4n) is 3.03. The van der Waals surface area contributed by atoms with Gasteiger partial charge in [0.1, 0.15) is 5.69 Å². The number of rotatable bonds is 4. The van der Waals surface area contributed by atoms with Crippen molar-refractivity contribution in [3.8, 4) is 22.4 Å². The highest BCUT2D eigenvalue weighted by atomic mass is 35.5. The van der Waals surface area contributed by atoms with Crippen molar-refractivity contribution in [3.05, 3.63) is 75.1 Å². The predicted molar refractivity (Wildman–Crippen MR) is 109 cm³/mol. The standard InChI is InChI=1S/C20H13Cl2F3N4O/c21-13-7-5-12(6-8-13)15-11-17-26-28(10-9-20(23,24)25)19(30)29(17)27-18(15)14-3-1-2-4-16(14)22/h1-8,11H,9-10H2. The molecule has 2 aromatic heterocycles. The zero-order valence-corrected chi connectivity index (χ0v) is 16.7. The van der Waals surface area contributed by atoms with Gasteiger partial charge in [0.05, 0.1) is 18.0 Å². The molecule has 0 aliphatic rings. The molecular formula is C20H13Cl2F3N4O. The second-order valence-corrected chi connectivity index (χ2v) is 7.38. The van der Waals surface area contributed by atoms with Crippen LogP contribution >= 0.6 is 23.2 Å². The second-order valence-electron chi connectivity index (χ2n) is 6.53. The summed E-state index contributed by atoms with van der Waals surface area (Å²) in [6, 6.07) is 15.5. The van der Waals surface area contributed by atoms with E-state index in [-0.39, 0.29) is 5.65 Å². The molecule has 0 saturated heterocycles. The molecule has 4 aromatic rings. The van der Waals surface area contributed by atoms with Gasteiger partial charge in [-0.15, -0.1) is 5.10 Å². The molecule has 2 aromatic carbocycles. The van der Waals surface area contributed by atoms with Crippen LogP contribution in [0.1, 0.15) is 6.42 Å². The van der Waals surface area contributed by atoms with Gasteiger partial charge in [0.25, 0.3) is 0 Å². The maximum absolute atomic E-state index is 12.6. The van der Waals surface area contributed by atoms with Crippen LogP contribution in [0.25, 0.3) is 28.0 Å². The molecule has 154 valence electrons. The number of hydrogen-bond acceptors (Lipinski definition) is 3. The first-order chi connectivity index (χ1) is 14.2. The molecule has 0 unspecified atom stereocenters. The van der Waals surface area contributed by atoms with Crippen molar-refractivity contribution >= 4 is 28.8 Å². The van der Waals surface area contributed by atoms with Gasteiger partial charge in [-0.25, -0.2) is 9.48 Å². The quantitative estimate of drug-likeness (QED) is 0.411. The molecule has 0 atom stereocenters. The molecule has 0 aliphatic heterocycles. The number of aryl methyl sites for hydroxylation is 1. The summed E-state index contributed by atoms with van der Waals surface area (Å²) in [5.41, 5.74) is 1.68. The third-order valence-electron chi connectivity index (χ3n) is 4.46. The van der Waals surface area contributed by atoms with Gasteiger partial charge < -0.3 is 0 Å². The van der Waals surface area contributed by atoms with Crippen LogP contribution in [0.3, 0.4) is 0 Å². The van der Waals surface area contributed by atoms with Gasteiger partial charge in [0.2, 0.25) is 0 Å². The first kappa shape index (κ1) is 20.4. The van der Waals surface area contributed by atoms with Crippen LogP contribution in [0.5, 0.6) is 0 Å². The minimum Gasteiger partial charge on any atom is -0.244 e. The third kappa shape index (κ3) is 4.06. The Bertz CT molecular complexity index is 1280. The van der Waals surface area contributed by atoms with Crippen molar-refractivity contribution < 1.29 is 13.2 Å². The topological polar surface area (TPSA) is 52.2 Å². The van der Waals surface area contributed by atoms with Crippen molar-refractivity contribution in [2.24, 2.45) is 0 Å². The van der Waals surface area contributed by atoms with E-state index >= 15 is 0 Å². The summed E-state index contributed by atoms with van der Waals surface area (Å²) in [7, 11) is 0. The van der Waals surface area contributed by atoms with Gasteiger partial charge in [0, 0.05) is 16.1 Å². The number of halogens is 5. The SMILES string of the molecule is O=c1n(CCC(F)(F)F)nc2cc(-c3ccc(Cl)cc3)c(-c3ccccc3Cl)nn12. The van der Waals surface area contributed by atoms with Gasteiger partial charge in [-0.05, 0) is 29.8 Å². The monoisotopic (exact) mass is 452 g/mol. The van der Waals surface area contributed by atoms with Gasteiger partial charge in [0.15, 0.2) is 5.65 Å². The molecule has 10 heteroatoms. The number of aromatic nitrogens is 4. The minimum absolute atomic E-state index is 0.128. The molecule has 0 amide bonds. The molecule has 0 radical (unpaired) electrons. The molecule has 4 rings (SSSR count). The van der Waals surface area contributed by atoms with Crippen LogP contribution in [0.4, 0.5) is 13.2 Å². The van der Waals surface area contributed by atoms with E-state index in [1.165, 1.54) is 0 Å². The number of nitrogens with zero attached hydrogens (tertiary/aromatic N) is 4. The Morgan fingerprint density at radius 3 is 2.30 bits per heavy atom. The molecule has 0 saturated carbocycles. The zero-order chi connectivity index (χ0) is 21.5. The van der Waals surface area contributed by atoms with E-state index in [9.17, 15) is 18.0 Å². The Balaban J connectivity index is 1.93. The average molecular weight is 453 g/mol. The molecular weight excluding hydrogens is 440 g/mol. The first-order valence-corrected chi connectivity index (χ1v) is 9.57. The third-order valence-corrected chi connectivity index (χ3v) is 5.04. The lowest BCUT2D eigenvalue weighted by Crippen LogP contribution is -2.25. The summed E-state index contributed by atoms with van der Waals surface area (Å²) in [6.07, 6.45) is -5.57. The summed E-state index contributed by atoms with van der Waals surface area (Å²) in [5, 5.41) is 9.37. The van der Waals surface area contributed by atoms with Gasteiger partial charge >= 0.3 is 11.9 Å². The smallest absolute Gasteiger partial charge is 0.244 e. The van der Waals surface area contributed by atoms with E-state index in [1.807, 2.05) is 0 Å². The van der Waals surface area contributed by atoms with Gasteiger partial charge in [-0.1, -0.05) is 53.5 Å². The first-order valence-electron chi connectivity index (χ1n) is 8.81. The summed E-state index contributed by atoms with van der Waals surface area (Å²) in [5.74, 6) is 0. The molecule has 0 N–H and O–H groups in total. The Morgan fingerprint density at radius 1 is 0.933 bits per heavy atom. The van der Waals surface area contributed by atoms with E-state index in [4.69, 9.17) is 23.2 Å². The average Bonchev–Trinajstić information content (AvgIpc) is 3.01. The van der Waals surface area contributed by atoms with E-state index in [1.54, 1.807) is 54.6 Å². The van der Waals surface area contributed by atoms with Crippen molar-refractivity contribution in [2.45, 2.75) is 19.1 Å². The summed E-state index contributed by atoms with van der Waals surface area (Å²) in [4.78, 5) is 12.6. The van der Waals surface area contributed by atoms with Crippen LogP contribution < -0.4 is 5.69 Å². The maximum Gasteiger partial charge on any atom is 0.390 e. The lowest BCUT2D eigenvalue weighted by molar-refractivity contribution is -0.137. The van der Waals surface area contributed by atoms with Crippen LogP contribution in [0.2, 0.25) is 10.0 Å². The molecule has 0 aliphatic carbocycles. The van der Waals surface area contributed by atoms with Crippen molar-refractivity contribution in [2.75, 3.05) is 0 Å². The van der Waals surface area contributed by atoms with Crippen LogP contribution in [0, 0.1) is 0 Å². The largest absolute Gasteiger partial charge is 0.390 e. The van der Waals surface area contributed by atoms with Crippen molar-refractivity contribution in [1.29, 1.82) is 0 Å². The maximum atomic E-state index is 12.6. The number of hydrogen-bond donors (Lipinski definition) is 0. The van der Waals surface area contributed by atoms with Crippen LogP contribution in [0.15, 0.2) is 59.4 Å². The predicted octanol–water partition coefficient (Wildman–Crippen LogP) is 5.48. The number of benzene rings is 2. The molecule has 0 spiro atoms. The Kier molecular flexibility index (Phi) is 5.29. The fraction of sp³-hybridized carbons (Fsp3) is 0.150. The van der Waals surface area contributed by atoms with E-state index in [2.05, 4.69) is 10.2 Å². The highest BCUT2D eigenvalue weighted by Gasteiger charge is 2.28. The summed E-state index contributed by atoms with van der Waals surface area (Å²) >= 11 is 12.3. The lowest BCUT2D eigenvalue weighted by atomic mass is 10.00. The molecule has 0 bridgehead atoms.